The van der Waals surface area contributed by atoms with Gasteiger partial charge in [-0.15, -0.1) is 0 Å². The first kappa shape index (κ1) is 13.0. The van der Waals surface area contributed by atoms with Crippen molar-refractivity contribution in [3.05, 3.63) is 27.1 Å². The lowest BCUT2D eigenvalue weighted by atomic mass is 10.3. The molecule has 1 unspecified atom stereocenters. The Morgan fingerprint density at radius 2 is 2.25 bits per heavy atom. The lowest BCUT2D eigenvalue weighted by molar-refractivity contribution is -0.126. The van der Waals surface area contributed by atoms with Gasteiger partial charge in [0.15, 0.2) is 12.3 Å². The summed E-state index contributed by atoms with van der Waals surface area (Å²) in [5.74, 6) is 0.0705. The fourth-order valence-corrected chi connectivity index (χ4v) is 2.11. The molecule has 1 atom stereocenters. The summed E-state index contributed by atoms with van der Waals surface area (Å²) >= 11 is 6.62. The monoisotopic (exact) mass is 346 g/mol. The quantitative estimate of drug-likeness (QED) is 0.675. The van der Waals surface area contributed by atoms with Gasteiger partial charge >= 0.3 is 0 Å². The molecule has 0 aliphatic carbocycles. The zero-order chi connectivity index (χ0) is 12.1. The third kappa shape index (κ3) is 3.51. The van der Waals surface area contributed by atoms with Crippen molar-refractivity contribution in [1.82, 2.24) is 5.32 Å². The van der Waals surface area contributed by atoms with E-state index in [9.17, 15) is 4.79 Å². The number of halogens is 2. The van der Waals surface area contributed by atoms with Crippen LogP contribution in [0.25, 0.3) is 0 Å². The number of nitrogens with one attached hydrogen (secondary N) is 1. The van der Waals surface area contributed by atoms with E-state index in [1.165, 1.54) is 0 Å². The molecule has 0 aromatic heterocycles. The summed E-state index contributed by atoms with van der Waals surface area (Å²) in [6.07, 6.45) is 0.834. The molecule has 0 radical (unpaired) electrons. The van der Waals surface area contributed by atoms with Crippen LogP contribution in [0.2, 0.25) is 0 Å². The summed E-state index contributed by atoms with van der Waals surface area (Å²) in [6.45, 7) is 1.57. The Balaban J connectivity index is 2.74. The zero-order valence-corrected chi connectivity index (χ0v) is 11.5. The van der Waals surface area contributed by atoms with Crippen LogP contribution >= 0.6 is 31.9 Å². The molecule has 0 heterocycles. The minimum Gasteiger partial charge on any atom is -0.480 e. The van der Waals surface area contributed by atoms with Crippen molar-refractivity contribution >= 4 is 37.8 Å². The van der Waals surface area contributed by atoms with E-state index in [-0.39, 0.29) is 0 Å². The summed E-state index contributed by atoms with van der Waals surface area (Å²) in [7, 11) is 0. The molecule has 0 spiro atoms. The number of benzene rings is 1. The number of nitriles is 1. The highest BCUT2D eigenvalue weighted by Gasteiger charge is 2.15. The number of rotatable bonds is 3. The summed E-state index contributed by atoms with van der Waals surface area (Å²) in [4.78, 5) is 11.2. The average molecular weight is 348 g/mol. The van der Waals surface area contributed by atoms with Gasteiger partial charge in [0.25, 0.3) is 5.91 Å². The molecular formula is C10H8Br2N2O2. The van der Waals surface area contributed by atoms with Crippen molar-refractivity contribution in [2.45, 2.75) is 13.0 Å². The van der Waals surface area contributed by atoms with Crippen LogP contribution in [0.1, 0.15) is 6.92 Å². The van der Waals surface area contributed by atoms with Gasteiger partial charge in [0.2, 0.25) is 0 Å². The van der Waals surface area contributed by atoms with Gasteiger partial charge in [0.1, 0.15) is 5.75 Å². The topological polar surface area (TPSA) is 62.1 Å². The smallest absolute Gasteiger partial charge is 0.273 e. The van der Waals surface area contributed by atoms with Crippen molar-refractivity contribution in [2.24, 2.45) is 0 Å². The Morgan fingerprint density at radius 1 is 1.56 bits per heavy atom. The van der Waals surface area contributed by atoms with E-state index in [1.54, 1.807) is 25.2 Å². The molecule has 0 aliphatic rings. The van der Waals surface area contributed by atoms with Crippen LogP contribution in [0.5, 0.6) is 5.75 Å². The number of carbonyl (C=O) groups is 1. The standard InChI is InChI=1S/C10H8Br2N2O2/c1-6(10(15)14-5-13)16-9-3-2-7(11)4-8(9)12/h2-4,6H,1H3,(H,14,15). The van der Waals surface area contributed by atoms with Gasteiger partial charge in [-0.2, -0.15) is 5.26 Å². The third-order valence-electron chi connectivity index (χ3n) is 1.75. The van der Waals surface area contributed by atoms with Crippen molar-refractivity contribution in [3.63, 3.8) is 0 Å². The molecule has 0 saturated carbocycles. The Hall–Kier alpha value is -1.06. The van der Waals surface area contributed by atoms with E-state index in [2.05, 4.69) is 31.9 Å². The molecule has 0 bridgehead atoms. The average Bonchev–Trinajstić information content (AvgIpc) is 2.22. The molecule has 0 saturated heterocycles. The number of ether oxygens (including phenoxy) is 1. The first-order valence-electron chi connectivity index (χ1n) is 4.35. The maximum atomic E-state index is 11.2. The third-order valence-corrected chi connectivity index (χ3v) is 2.86. The summed E-state index contributed by atoms with van der Waals surface area (Å²) in [5.41, 5.74) is 0. The van der Waals surface area contributed by atoms with Crippen molar-refractivity contribution in [2.75, 3.05) is 0 Å². The Kier molecular flexibility index (Phi) is 4.77. The zero-order valence-electron chi connectivity index (χ0n) is 8.33. The fourth-order valence-electron chi connectivity index (χ4n) is 0.971. The van der Waals surface area contributed by atoms with Gasteiger partial charge in [-0.05, 0) is 41.1 Å². The molecule has 1 N–H and O–H groups in total. The maximum absolute atomic E-state index is 11.2. The molecule has 1 amide bonds. The first-order valence-corrected chi connectivity index (χ1v) is 5.94. The second-order valence-electron chi connectivity index (χ2n) is 2.94. The van der Waals surface area contributed by atoms with E-state index in [4.69, 9.17) is 10.00 Å². The minimum absolute atomic E-state index is 0.475. The summed E-state index contributed by atoms with van der Waals surface area (Å²) < 4.78 is 7.02. The van der Waals surface area contributed by atoms with E-state index in [0.29, 0.717) is 5.75 Å². The largest absolute Gasteiger partial charge is 0.480 e. The van der Waals surface area contributed by atoms with E-state index in [0.717, 1.165) is 8.95 Å². The van der Waals surface area contributed by atoms with Crippen molar-refractivity contribution in [1.29, 1.82) is 5.26 Å². The van der Waals surface area contributed by atoms with Crippen LogP contribution in [-0.2, 0) is 4.79 Å². The van der Waals surface area contributed by atoms with Crippen LogP contribution in [0.15, 0.2) is 27.1 Å². The van der Waals surface area contributed by atoms with Crippen LogP contribution in [0, 0.1) is 11.5 Å². The van der Waals surface area contributed by atoms with Crippen molar-refractivity contribution in [3.8, 4) is 11.9 Å². The van der Waals surface area contributed by atoms with E-state index < -0.39 is 12.0 Å². The first-order chi connectivity index (χ1) is 7.54. The molecule has 16 heavy (non-hydrogen) atoms. The maximum Gasteiger partial charge on any atom is 0.273 e. The highest BCUT2D eigenvalue weighted by molar-refractivity contribution is 9.11. The Bertz CT molecular complexity index is 443. The van der Waals surface area contributed by atoms with Gasteiger partial charge in [-0.1, -0.05) is 15.9 Å². The van der Waals surface area contributed by atoms with Crippen LogP contribution in [-0.4, -0.2) is 12.0 Å². The molecule has 1 rings (SSSR count). The lowest BCUT2D eigenvalue weighted by Gasteiger charge is -2.13. The molecule has 6 heteroatoms. The van der Waals surface area contributed by atoms with Crippen molar-refractivity contribution < 1.29 is 9.53 Å². The molecular weight excluding hydrogens is 340 g/mol. The Labute approximate surface area is 110 Å². The van der Waals surface area contributed by atoms with Gasteiger partial charge < -0.3 is 4.74 Å². The molecule has 1 aromatic rings. The Morgan fingerprint density at radius 3 is 2.81 bits per heavy atom. The van der Waals surface area contributed by atoms with Gasteiger partial charge in [0.05, 0.1) is 4.47 Å². The van der Waals surface area contributed by atoms with Gasteiger partial charge in [-0.25, -0.2) is 0 Å². The SMILES string of the molecule is CC(Oc1ccc(Br)cc1Br)C(=O)NC#N. The van der Waals surface area contributed by atoms with Crippen LogP contribution in [0.3, 0.4) is 0 Å². The number of nitrogens with zero attached hydrogens (tertiary/aromatic N) is 1. The fraction of sp³-hybridized carbons (Fsp3) is 0.200. The normalized spacial score (nSPS) is 11.4. The van der Waals surface area contributed by atoms with Crippen LogP contribution < -0.4 is 10.1 Å². The van der Waals surface area contributed by atoms with E-state index >= 15 is 0 Å². The highest BCUT2D eigenvalue weighted by Crippen LogP contribution is 2.28. The second kappa shape index (κ2) is 5.87. The molecule has 1 aromatic carbocycles. The van der Waals surface area contributed by atoms with Crippen LogP contribution in [0.4, 0.5) is 0 Å². The minimum atomic E-state index is -0.725. The lowest BCUT2D eigenvalue weighted by Crippen LogP contribution is -2.33. The number of hydrogen-bond acceptors (Lipinski definition) is 3. The summed E-state index contributed by atoms with van der Waals surface area (Å²) in [5, 5.41) is 10.3. The predicted molar refractivity (Wildman–Crippen MR) is 65.7 cm³/mol. The predicted octanol–water partition coefficient (Wildman–Crippen LogP) is 2.58. The molecule has 0 fully saturated rings. The highest BCUT2D eigenvalue weighted by atomic mass is 79.9. The number of amides is 1. The molecule has 84 valence electrons. The number of carbonyl (C=O) groups excluding carboxylic acids is 1. The molecule has 0 aliphatic heterocycles. The molecule has 4 nitrogen and oxygen atoms in total. The van der Waals surface area contributed by atoms with Gasteiger partial charge in [-0.3, -0.25) is 10.1 Å². The number of hydrogen-bond donors (Lipinski definition) is 1. The van der Waals surface area contributed by atoms with E-state index in [1.807, 2.05) is 11.4 Å². The van der Waals surface area contributed by atoms with Gasteiger partial charge in [0, 0.05) is 4.47 Å². The second-order valence-corrected chi connectivity index (χ2v) is 4.71. The summed E-state index contributed by atoms with van der Waals surface area (Å²) in [6, 6.07) is 5.34.